The monoisotopic (exact) mass is 401 g/mol. The molecular formula is C15H23N5O6S. The van der Waals surface area contributed by atoms with Crippen LogP contribution >= 0.6 is 0 Å². The Bertz CT molecular complexity index is 901. The van der Waals surface area contributed by atoms with E-state index in [9.17, 15) is 13.5 Å². The van der Waals surface area contributed by atoms with Crippen molar-refractivity contribution in [2.24, 2.45) is 5.92 Å². The Hall–Kier alpha value is -1.70. The number of aromatic nitrogens is 4. The van der Waals surface area contributed by atoms with Crippen molar-refractivity contribution in [2.45, 2.75) is 45.0 Å². The number of aliphatic hydroxyl groups excluding tert-OH is 1. The quantitative estimate of drug-likeness (QED) is 0.642. The largest absolute Gasteiger partial charge is 0.385 e. The van der Waals surface area contributed by atoms with E-state index >= 15 is 0 Å². The van der Waals surface area contributed by atoms with Gasteiger partial charge in [0.2, 0.25) is 6.29 Å². The number of ether oxygens (including phenoxy) is 2. The molecule has 2 aromatic heterocycles. The van der Waals surface area contributed by atoms with Crippen molar-refractivity contribution in [3.63, 3.8) is 0 Å². The van der Waals surface area contributed by atoms with Gasteiger partial charge in [-0.15, -0.1) is 0 Å². The van der Waals surface area contributed by atoms with Crippen LogP contribution in [-0.2, 0) is 30.4 Å². The fraction of sp³-hybridized carbons (Fsp3) is 0.667. The Morgan fingerprint density at radius 2 is 2.11 bits per heavy atom. The van der Waals surface area contributed by atoms with Gasteiger partial charge in [-0.1, -0.05) is 13.8 Å². The SMILES string of the molecule is CNS(=O)(=O)O[C@H]1O[C@@H](n2cnc3c(CC(C)C)ncnc32)[C@@H](OC)[C@H]1O. The van der Waals surface area contributed by atoms with Gasteiger partial charge in [-0.3, -0.25) is 4.57 Å². The van der Waals surface area contributed by atoms with E-state index in [-0.39, 0.29) is 0 Å². The van der Waals surface area contributed by atoms with Crippen LogP contribution in [0.25, 0.3) is 11.2 Å². The van der Waals surface area contributed by atoms with Gasteiger partial charge < -0.3 is 14.6 Å². The molecule has 1 aliphatic heterocycles. The first kappa shape index (κ1) is 20.0. The van der Waals surface area contributed by atoms with Crippen molar-refractivity contribution in [1.82, 2.24) is 24.2 Å². The van der Waals surface area contributed by atoms with Crippen LogP contribution in [0, 0.1) is 5.92 Å². The minimum atomic E-state index is -4.06. The minimum absolute atomic E-state index is 0.383. The number of methoxy groups -OCH3 is 1. The molecular weight excluding hydrogens is 378 g/mol. The smallest absolute Gasteiger partial charge is 0.338 e. The zero-order valence-corrected chi connectivity index (χ0v) is 16.3. The second-order valence-corrected chi connectivity index (χ2v) is 8.09. The maximum atomic E-state index is 11.6. The average molecular weight is 401 g/mol. The Morgan fingerprint density at radius 3 is 2.74 bits per heavy atom. The maximum absolute atomic E-state index is 11.6. The molecule has 2 N–H and O–H groups in total. The summed E-state index contributed by atoms with van der Waals surface area (Å²) in [5.74, 6) is 0.383. The molecule has 3 heterocycles. The van der Waals surface area contributed by atoms with E-state index in [0.717, 1.165) is 12.1 Å². The van der Waals surface area contributed by atoms with E-state index in [1.165, 1.54) is 26.8 Å². The lowest BCUT2D eigenvalue weighted by molar-refractivity contribution is -0.122. The molecule has 12 heteroatoms. The number of rotatable bonds is 7. The summed E-state index contributed by atoms with van der Waals surface area (Å²) < 4.78 is 42.7. The molecule has 0 saturated carbocycles. The number of hydrogen-bond donors (Lipinski definition) is 2. The summed E-state index contributed by atoms with van der Waals surface area (Å²) in [4.78, 5) is 12.9. The van der Waals surface area contributed by atoms with Gasteiger partial charge in [0.05, 0.1) is 12.0 Å². The van der Waals surface area contributed by atoms with Crippen LogP contribution in [0.5, 0.6) is 0 Å². The highest BCUT2D eigenvalue weighted by molar-refractivity contribution is 7.84. The summed E-state index contributed by atoms with van der Waals surface area (Å²) in [6, 6.07) is 0. The summed E-state index contributed by atoms with van der Waals surface area (Å²) in [7, 11) is -1.48. The molecule has 0 spiro atoms. The number of fused-ring (bicyclic) bond motifs is 1. The van der Waals surface area contributed by atoms with Crippen molar-refractivity contribution in [2.75, 3.05) is 14.2 Å². The van der Waals surface area contributed by atoms with Crippen LogP contribution in [-0.4, -0.2) is 65.7 Å². The summed E-state index contributed by atoms with van der Waals surface area (Å²) >= 11 is 0. The number of aliphatic hydroxyl groups is 1. The molecule has 0 aromatic carbocycles. The van der Waals surface area contributed by atoms with Crippen molar-refractivity contribution in [1.29, 1.82) is 0 Å². The predicted octanol–water partition coefficient (Wildman–Crippen LogP) is -0.264. The molecule has 3 rings (SSSR count). The molecule has 11 nitrogen and oxygen atoms in total. The summed E-state index contributed by atoms with van der Waals surface area (Å²) in [5.41, 5.74) is 1.91. The van der Waals surface area contributed by atoms with Gasteiger partial charge in [0.1, 0.15) is 24.1 Å². The number of nitrogens with one attached hydrogen (secondary N) is 1. The number of imidazole rings is 1. The zero-order chi connectivity index (χ0) is 19.8. The molecule has 150 valence electrons. The van der Waals surface area contributed by atoms with Crippen molar-refractivity contribution < 1.29 is 27.2 Å². The van der Waals surface area contributed by atoms with E-state index in [4.69, 9.17) is 13.7 Å². The lowest BCUT2D eigenvalue weighted by Crippen LogP contribution is -2.37. The molecule has 1 fully saturated rings. The predicted molar refractivity (Wildman–Crippen MR) is 93.6 cm³/mol. The third kappa shape index (κ3) is 3.95. The first-order valence-electron chi connectivity index (χ1n) is 8.42. The number of hydrogen-bond acceptors (Lipinski definition) is 9. The molecule has 4 atom stereocenters. The van der Waals surface area contributed by atoms with E-state index in [1.807, 2.05) is 4.72 Å². The zero-order valence-electron chi connectivity index (χ0n) is 15.4. The molecule has 2 aromatic rings. The first-order valence-corrected chi connectivity index (χ1v) is 9.82. The van der Waals surface area contributed by atoms with Gasteiger partial charge in [0.25, 0.3) is 0 Å². The topological polar surface area (TPSA) is 138 Å². The molecule has 0 bridgehead atoms. The normalized spacial score (nSPS) is 26.3. The van der Waals surface area contributed by atoms with Gasteiger partial charge in [-0.2, -0.15) is 13.1 Å². The average Bonchev–Trinajstić information content (AvgIpc) is 3.16. The van der Waals surface area contributed by atoms with Crippen LogP contribution in [0.4, 0.5) is 0 Å². The van der Waals surface area contributed by atoms with Crippen LogP contribution in [0.3, 0.4) is 0 Å². The highest BCUT2D eigenvalue weighted by atomic mass is 32.2. The Kier molecular flexibility index (Phi) is 5.74. The third-order valence-electron chi connectivity index (χ3n) is 4.22. The Balaban J connectivity index is 1.95. The van der Waals surface area contributed by atoms with E-state index in [2.05, 4.69) is 28.8 Å². The summed E-state index contributed by atoms with van der Waals surface area (Å²) in [6.07, 6.45) is -0.877. The summed E-state index contributed by atoms with van der Waals surface area (Å²) in [6.45, 7) is 4.15. The van der Waals surface area contributed by atoms with Crippen LogP contribution in [0.1, 0.15) is 25.8 Å². The molecule has 1 aliphatic rings. The lowest BCUT2D eigenvalue weighted by atomic mass is 10.1. The lowest BCUT2D eigenvalue weighted by Gasteiger charge is -2.19. The van der Waals surface area contributed by atoms with Gasteiger partial charge in [0, 0.05) is 14.2 Å². The summed E-state index contributed by atoms with van der Waals surface area (Å²) in [5, 5.41) is 10.4. The van der Waals surface area contributed by atoms with Crippen LogP contribution in [0.2, 0.25) is 0 Å². The fourth-order valence-corrected chi connectivity index (χ4v) is 3.48. The molecule has 0 amide bonds. The highest BCUT2D eigenvalue weighted by Gasteiger charge is 2.48. The fourth-order valence-electron chi connectivity index (χ4n) is 2.97. The van der Waals surface area contributed by atoms with Gasteiger partial charge >= 0.3 is 10.3 Å². The van der Waals surface area contributed by atoms with Gasteiger partial charge in [0.15, 0.2) is 11.9 Å². The van der Waals surface area contributed by atoms with Crippen molar-refractivity contribution in [3.05, 3.63) is 18.3 Å². The van der Waals surface area contributed by atoms with E-state index < -0.39 is 35.0 Å². The Labute approximate surface area is 156 Å². The van der Waals surface area contributed by atoms with Gasteiger partial charge in [-0.25, -0.2) is 19.1 Å². The Morgan fingerprint density at radius 1 is 1.37 bits per heavy atom. The van der Waals surface area contributed by atoms with Gasteiger partial charge in [-0.05, 0) is 12.3 Å². The van der Waals surface area contributed by atoms with Crippen molar-refractivity contribution >= 4 is 21.5 Å². The van der Waals surface area contributed by atoms with E-state index in [1.54, 1.807) is 4.57 Å². The van der Waals surface area contributed by atoms with Crippen LogP contribution in [0.15, 0.2) is 12.7 Å². The molecule has 1 saturated heterocycles. The number of nitrogens with zero attached hydrogens (tertiary/aromatic N) is 4. The third-order valence-corrected chi connectivity index (χ3v) is 5.17. The van der Waals surface area contributed by atoms with Crippen LogP contribution < -0.4 is 4.72 Å². The van der Waals surface area contributed by atoms with Crippen molar-refractivity contribution in [3.8, 4) is 0 Å². The maximum Gasteiger partial charge on any atom is 0.338 e. The second-order valence-electron chi connectivity index (χ2n) is 6.58. The molecule has 27 heavy (non-hydrogen) atoms. The standard InChI is InChI=1S/C15H23N5O6S/c1-8(2)5-9-10-13(18-6-17-9)20(7-19-10)14-12(24-4)11(21)15(25-14)26-27(22,23)16-3/h6-8,11-12,14-16,21H,5H2,1-4H3/t11-,12+,14-,15-/m1/s1. The second kappa shape index (κ2) is 7.73. The van der Waals surface area contributed by atoms with E-state index in [0.29, 0.717) is 17.1 Å². The highest BCUT2D eigenvalue weighted by Crippen LogP contribution is 2.34. The molecule has 0 radical (unpaired) electrons. The first-order chi connectivity index (χ1) is 12.8. The minimum Gasteiger partial charge on any atom is -0.385 e. The molecule has 0 aliphatic carbocycles. The molecule has 0 unspecified atom stereocenters.